The molecule has 10 nitrogen and oxygen atoms in total. The second-order valence-electron chi connectivity index (χ2n) is 9.28. The van der Waals surface area contributed by atoms with E-state index in [1.165, 1.54) is 24.1 Å². The van der Waals surface area contributed by atoms with E-state index in [1.807, 2.05) is 12.1 Å². The van der Waals surface area contributed by atoms with Gasteiger partial charge >= 0.3 is 5.97 Å². The van der Waals surface area contributed by atoms with Crippen LogP contribution in [0.25, 0.3) is 10.8 Å². The molecular weight excluding hydrogens is 520 g/mol. The third-order valence-corrected chi connectivity index (χ3v) is 8.18. The minimum atomic E-state index is -4.09. The van der Waals surface area contributed by atoms with Gasteiger partial charge in [-0.15, -0.1) is 0 Å². The Morgan fingerprint density at radius 2 is 1.90 bits per heavy atom. The maximum absolute atomic E-state index is 13.6. The number of nitrogen functional groups attached to an aromatic ring is 1. The number of ether oxygens (including phenoxy) is 2. The molecule has 0 spiro atoms. The van der Waals surface area contributed by atoms with Crippen molar-refractivity contribution in [2.45, 2.75) is 43.2 Å². The minimum absolute atomic E-state index is 0.0181. The Morgan fingerprint density at radius 1 is 1.18 bits per heavy atom. The van der Waals surface area contributed by atoms with Crippen LogP contribution >= 0.6 is 0 Å². The van der Waals surface area contributed by atoms with Gasteiger partial charge in [0.05, 0.1) is 18.6 Å². The van der Waals surface area contributed by atoms with Crippen molar-refractivity contribution >= 4 is 38.5 Å². The lowest BCUT2D eigenvalue weighted by Gasteiger charge is -2.37. The lowest BCUT2D eigenvalue weighted by molar-refractivity contribution is -0.156. The Balaban J connectivity index is 1.58. The van der Waals surface area contributed by atoms with E-state index in [-0.39, 0.29) is 30.3 Å². The van der Waals surface area contributed by atoms with Crippen molar-refractivity contribution in [2.75, 3.05) is 20.3 Å². The first-order valence-electron chi connectivity index (χ1n) is 12.6. The fraction of sp³-hybridized carbons (Fsp3) is 0.321. The molecule has 4 N–H and O–H groups in total. The average molecular weight is 553 g/mol. The van der Waals surface area contributed by atoms with Crippen LogP contribution in [0.4, 0.5) is 0 Å². The number of amidine groups is 1. The highest BCUT2D eigenvalue weighted by Gasteiger charge is 2.39. The smallest absolute Gasteiger partial charge is 0.329 e. The van der Waals surface area contributed by atoms with Gasteiger partial charge in [-0.1, -0.05) is 48.5 Å². The Hall–Kier alpha value is -3.96. The van der Waals surface area contributed by atoms with Crippen molar-refractivity contribution in [1.29, 1.82) is 5.41 Å². The van der Waals surface area contributed by atoms with E-state index in [0.29, 0.717) is 29.5 Å². The Labute approximate surface area is 227 Å². The number of hydrogen-bond acceptors (Lipinski definition) is 7. The quantitative estimate of drug-likeness (QED) is 0.199. The summed E-state index contributed by atoms with van der Waals surface area (Å²) in [6.07, 6.45) is 0.964. The zero-order valence-corrected chi connectivity index (χ0v) is 22.7. The van der Waals surface area contributed by atoms with Gasteiger partial charge in [0, 0.05) is 30.0 Å². The summed E-state index contributed by atoms with van der Waals surface area (Å²) in [6, 6.07) is 15.1. The molecular formula is C28H32N4O6S. The highest BCUT2D eigenvalue weighted by molar-refractivity contribution is 7.89. The maximum atomic E-state index is 13.6. The number of carbonyl (C=O) groups excluding carboxylic acids is 2. The molecule has 3 aromatic carbocycles. The zero-order valence-electron chi connectivity index (χ0n) is 21.8. The van der Waals surface area contributed by atoms with Gasteiger partial charge in [-0.05, 0) is 36.8 Å². The van der Waals surface area contributed by atoms with E-state index in [4.69, 9.17) is 20.6 Å². The zero-order chi connectivity index (χ0) is 28.2. The van der Waals surface area contributed by atoms with Gasteiger partial charge < -0.3 is 20.1 Å². The molecule has 39 heavy (non-hydrogen) atoms. The molecule has 0 radical (unpaired) electrons. The second-order valence-corrected chi connectivity index (χ2v) is 11.0. The molecule has 1 amide bonds. The molecule has 0 bridgehead atoms. The molecule has 1 fully saturated rings. The fourth-order valence-electron chi connectivity index (χ4n) is 4.75. The van der Waals surface area contributed by atoms with E-state index in [1.54, 1.807) is 43.3 Å². The van der Waals surface area contributed by atoms with Crippen molar-refractivity contribution in [3.05, 3.63) is 71.8 Å². The summed E-state index contributed by atoms with van der Waals surface area (Å²) in [4.78, 5) is 27.9. The summed E-state index contributed by atoms with van der Waals surface area (Å²) in [5, 5.41) is 9.02. The number of rotatable bonds is 10. The van der Waals surface area contributed by atoms with Crippen LogP contribution < -0.4 is 15.2 Å². The SMILES string of the molecule is CCOC(=O)C(Cc1ccc(C(=N)N)cc1)N1CCCC(NS(=O)(=O)c2cc(OC)c3ccccc3c2)C1=O. The number of methoxy groups -OCH3 is 1. The molecule has 206 valence electrons. The number of nitrogens with two attached hydrogens (primary N) is 1. The van der Waals surface area contributed by atoms with Gasteiger partial charge in [-0.25, -0.2) is 13.2 Å². The van der Waals surface area contributed by atoms with Crippen LogP contribution in [0.15, 0.2) is 65.6 Å². The number of likely N-dealkylation sites (tertiary alicyclic amines) is 1. The predicted octanol–water partition coefficient (Wildman–Crippen LogP) is 2.58. The number of carbonyl (C=O) groups is 2. The lowest BCUT2D eigenvalue weighted by atomic mass is 9.98. The predicted molar refractivity (Wildman–Crippen MR) is 147 cm³/mol. The number of fused-ring (bicyclic) bond motifs is 1. The Kier molecular flexibility index (Phi) is 8.51. The number of nitrogens with one attached hydrogen (secondary N) is 2. The van der Waals surface area contributed by atoms with Crippen molar-refractivity contribution in [2.24, 2.45) is 5.73 Å². The third kappa shape index (κ3) is 6.21. The number of sulfonamides is 1. The third-order valence-electron chi connectivity index (χ3n) is 6.73. The van der Waals surface area contributed by atoms with Gasteiger partial charge in [0.2, 0.25) is 15.9 Å². The summed E-state index contributed by atoms with van der Waals surface area (Å²) in [5.41, 5.74) is 6.82. The number of esters is 1. The number of nitrogens with zero attached hydrogens (tertiary/aromatic N) is 1. The molecule has 0 aliphatic carbocycles. The van der Waals surface area contributed by atoms with Gasteiger partial charge in [-0.3, -0.25) is 10.2 Å². The van der Waals surface area contributed by atoms with Crippen LogP contribution in [-0.4, -0.2) is 63.4 Å². The molecule has 11 heteroatoms. The van der Waals surface area contributed by atoms with Crippen molar-refractivity contribution in [3.63, 3.8) is 0 Å². The van der Waals surface area contributed by atoms with E-state index in [9.17, 15) is 18.0 Å². The van der Waals surface area contributed by atoms with E-state index in [2.05, 4.69) is 4.72 Å². The summed E-state index contributed by atoms with van der Waals surface area (Å²) in [7, 11) is -2.62. The number of amides is 1. The van der Waals surface area contributed by atoms with E-state index in [0.717, 1.165) is 10.9 Å². The molecule has 0 saturated carbocycles. The number of benzene rings is 3. The molecule has 3 aromatic rings. The van der Waals surface area contributed by atoms with Crippen LogP contribution in [0.3, 0.4) is 0 Å². The van der Waals surface area contributed by atoms with Crippen LogP contribution in [0.1, 0.15) is 30.9 Å². The monoisotopic (exact) mass is 552 g/mol. The standard InChI is InChI=1S/C28H32N4O6S/c1-3-38-28(34)24(15-18-10-12-19(13-11-18)26(29)30)32-14-6-9-23(27(32)33)31-39(35,36)21-16-20-7-4-5-8-22(20)25(17-21)37-2/h4-5,7-8,10-13,16-17,23-24,31H,3,6,9,14-15H2,1-2H3,(H3,29,30). The van der Waals surface area contributed by atoms with E-state index >= 15 is 0 Å². The first kappa shape index (κ1) is 28.1. The largest absolute Gasteiger partial charge is 0.496 e. The summed E-state index contributed by atoms with van der Waals surface area (Å²) < 4.78 is 40.0. The highest BCUT2D eigenvalue weighted by Crippen LogP contribution is 2.30. The molecule has 2 unspecified atom stereocenters. The fourth-order valence-corrected chi connectivity index (χ4v) is 6.02. The van der Waals surface area contributed by atoms with Crippen molar-refractivity contribution in [1.82, 2.24) is 9.62 Å². The Morgan fingerprint density at radius 3 is 2.56 bits per heavy atom. The first-order valence-corrected chi connectivity index (χ1v) is 14.1. The van der Waals surface area contributed by atoms with Crippen LogP contribution in [-0.2, 0) is 30.8 Å². The summed E-state index contributed by atoms with van der Waals surface area (Å²) in [5.74, 6) is -0.725. The average Bonchev–Trinajstić information content (AvgIpc) is 2.92. The molecule has 2 atom stereocenters. The molecule has 1 aliphatic heterocycles. The maximum Gasteiger partial charge on any atom is 0.329 e. The van der Waals surface area contributed by atoms with Crippen molar-refractivity contribution < 1.29 is 27.5 Å². The topological polar surface area (TPSA) is 152 Å². The first-order chi connectivity index (χ1) is 18.6. The lowest BCUT2D eigenvalue weighted by Crippen LogP contribution is -2.57. The van der Waals surface area contributed by atoms with Gasteiger partial charge in [0.15, 0.2) is 0 Å². The molecule has 4 rings (SSSR count). The number of hydrogen-bond donors (Lipinski definition) is 3. The molecule has 0 aromatic heterocycles. The minimum Gasteiger partial charge on any atom is -0.496 e. The van der Waals surface area contributed by atoms with Gasteiger partial charge in [0.1, 0.15) is 23.7 Å². The highest BCUT2D eigenvalue weighted by atomic mass is 32.2. The Bertz CT molecular complexity index is 1490. The van der Waals surface area contributed by atoms with Gasteiger partial charge in [-0.2, -0.15) is 4.72 Å². The normalized spacial score (nSPS) is 16.6. The summed E-state index contributed by atoms with van der Waals surface area (Å²) in [6.45, 7) is 2.11. The van der Waals surface area contributed by atoms with Crippen LogP contribution in [0.2, 0.25) is 0 Å². The molecule has 1 aliphatic rings. The van der Waals surface area contributed by atoms with Crippen molar-refractivity contribution in [3.8, 4) is 5.75 Å². The van der Waals surface area contributed by atoms with Crippen LogP contribution in [0, 0.1) is 5.41 Å². The van der Waals surface area contributed by atoms with Crippen LogP contribution in [0.5, 0.6) is 5.75 Å². The van der Waals surface area contributed by atoms with E-state index < -0.39 is 34.0 Å². The second kappa shape index (κ2) is 11.8. The van der Waals surface area contributed by atoms with Gasteiger partial charge in [0.25, 0.3) is 0 Å². The summed E-state index contributed by atoms with van der Waals surface area (Å²) >= 11 is 0. The molecule has 1 heterocycles. The molecule has 1 saturated heterocycles. The number of piperidine rings is 1.